The second kappa shape index (κ2) is 10.5. The number of fused-ring (bicyclic) bond motifs is 1. The highest BCUT2D eigenvalue weighted by molar-refractivity contribution is 14.0. The van der Waals surface area contributed by atoms with E-state index in [0.717, 1.165) is 29.0 Å². The first-order valence-electron chi connectivity index (χ1n) is 9.13. The van der Waals surface area contributed by atoms with Crippen LogP contribution in [0.3, 0.4) is 0 Å². The summed E-state index contributed by atoms with van der Waals surface area (Å²) in [4.78, 5) is 8.59. The van der Waals surface area contributed by atoms with Crippen molar-refractivity contribution in [1.82, 2.24) is 20.8 Å². The third-order valence-electron chi connectivity index (χ3n) is 4.32. The van der Waals surface area contributed by atoms with Gasteiger partial charge in [-0.15, -0.1) is 24.0 Å². The van der Waals surface area contributed by atoms with E-state index in [-0.39, 0.29) is 30.8 Å². The number of ether oxygens (including phenoxy) is 2. The summed E-state index contributed by atoms with van der Waals surface area (Å²) in [6.45, 7) is 1.34. The summed E-state index contributed by atoms with van der Waals surface area (Å²) < 4.78 is 16.0. The van der Waals surface area contributed by atoms with Crippen LogP contribution in [0.4, 0.5) is 0 Å². The topological polar surface area (TPSA) is 93.8 Å². The number of nitrogens with zero attached hydrogens (tertiary/aromatic N) is 3. The Labute approximate surface area is 196 Å². The molecule has 0 fully saturated rings. The Morgan fingerprint density at radius 2 is 2.00 bits per heavy atom. The molecular formula is C20H21ClIN5O3. The molecule has 3 aromatic rings. The van der Waals surface area contributed by atoms with Crippen molar-refractivity contribution in [2.45, 2.75) is 13.0 Å². The van der Waals surface area contributed by atoms with Gasteiger partial charge in [-0.05, 0) is 36.2 Å². The van der Waals surface area contributed by atoms with Gasteiger partial charge < -0.3 is 24.6 Å². The Kier molecular flexibility index (Phi) is 7.75. The quantitative estimate of drug-likeness (QED) is 0.280. The van der Waals surface area contributed by atoms with E-state index in [2.05, 4.69) is 25.8 Å². The zero-order valence-corrected chi connectivity index (χ0v) is 19.3. The van der Waals surface area contributed by atoms with Crippen LogP contribution < -0.4 is 20.1 Å². The molecule has 0 radical (unpaired) electrons. The van der Waals surface area contributed by atoms with Gasteiger partial charge in [0.2, 0.25) is 18.5 Å². The molecule has 0 spiro atoms. The van der Waals surface area contributed by atoms with Crippen molar-refractivity contribution >= 4 is 41.5 Å². The monoisotopic (exact) mass is 541 g/mol. The first-order chi connectivity index (χ1) is 14.2. The van der Waals surface area contributed by atoms with E-state index in [0.29, 0.717) is 35.8 Å². The summed E-state index contributed by atoms with van der Waals surface area (Å²) in [5.41, 5.74) is 1.96. The minimum absolute atomic E-state index is 0. The van der Waals surface area contributed by atoms with Crippen LogP contribution in [0.1, 0.15) is 11.5 Å². The van der Waals surface area contributed by atoms with Crippen molar-refractivity contribution in [3.05, 3.63) is 58.9 Å². The van der Waals surface area contributed by atoms with Crippen molar-refractivity contribution in [1.29, 1.82) is 0 Å². The zero-order valence-electron chi connectivity index (χ0n) is 16.2. The van der Waals surface area contributed by atoms with Crippen LogP contribution >= 0.6 is 35.6 Å². The van der Waals surface area contributed by atoms with Crippen LogP contribution in [-0.4, -0.2) is 36.5 Å². The summed E-state index contributed by atoms with van der Waals surface area (Å²) in [5.74, 6) is 3.18. The fraction of sp³-hybridized carbons (Fsp3) is 0.250. The Bertz CT molecular complexity index is 1030. The second-order valence-electron chi connectivity index (χ2n) is 6.31. The second-order valence-corrected chi connectivity index (χ2v) is 6.75. The highest BCUT2D eigenvalue weighted by Gasteiger charge is 2.13. The molecule has 2 N–H and O–H groups in total. The smallest absolute Gasteiger partial charge is 0.246 e. The molecule has 158 valence electrons. The molecule has 1 aliphatic rings. The first kappa shape index (κ1) is 22.2. The van der Waals surface area contributed by atoms with Crippen molar-refractivity contribution < 1.29 is 14.0 Å². The number of aliphatic imine (C=N–C) groups is 1. The number of rotatable bonds is 6. The van der Waals surface area contributed by atoms with Gasteiger partial charge in [0.1, 0.15) is 0 Å². The number of nitrogens with one attached hydrogen (secondary N) is 2. The number of benzene rings is 2. The van der Waals surface area contributed by atoms with Gasteiger partial charge in [0.15, 0.2) is 17.5 Å². The highest BCUT2D eigenvalue weighted by atomic mass is 127. The average molecular weight is 542 g/mol. The Balaban J connectivity index is 0.00000256. The van der Waals surface area contributed by atoms with E-state index in [1.54, 1.807) is 19.2 Å². The van der Waals surface area contributed by atoms with Gasteiger partial charge in [0.25, 0.3) is 0 Å². The van der Waals surface area contributed by atoms with Gasteiger partial charge in [0.05, 0.1) is 6.54 Å². The molecule has 0 unspecified atom stereocenters. The standard InChI is InChI=1S/C20H20ClN5O3.HI/c1-22-20(23-8-7-13-5-6-16-17(9-13)28-12-27-16)24-11-18-25-19(26-29-18)14-3-2-4-15(21)10-14;/h2-6,9-10H,7-8,11-12H2,1H3,(H2,22,23,24);1H. The molecule has 0 atom stereocenters. The van der Waals surface area contributed by atoms with Crippen LogP contribution in [0, 0.1) is 0 Å². The predicted molar refractivity (Wildman–Crippen MR) is 125 cm³/mol. The van der Waals surface area contributed by atoms with E-state index in [1.807, 2.05) is 30.3 Å². The molecule has 1 aliphatic heterocycles. The molecule has 0 aliphatic carbocycles. The molecule has 30 heavy (non-hydrogen) atoms. The molecular weight excluding hydrogens is 521 g/mol. The third kappa shape index (κ3) is 5.54. The summed E-state index contributed by atoms with van der Waals surface area (Å²) in [5, 5.41) is 11.0. The Morgan fingerprint density at radius 1 is 1.13 bits per heavy atom. The summed E-state index contributed by atoms with van der Waals surface area (Å²) in [7, 11) is 1.71. The number of hydrogen-bond acceptors (Lipinski definition) is 6. The molecule has 0 bridgehead atoms. The SMILES string of the molecule is CN=C(NCCc1ccc2c(c1)OCO2)NCc1nc(-c2cccc(Cl)c2)no1.I. The number of halogens is 2. The lowest BCUT2D eigenvalue weighted by Crippen LogP contribution is -2.37. The van der Waals surface area contributed by atoms with E-state index in [1.165, 1.54) is 0 Å². The van der Waals surface area contributed by atoms with E-state index >= 15 is 0 Å². The number of aromatic nitrogens is 2. The fourth-order valence-corrected chi connectivity index (χ4v) is 3.06. The van der Waals surface area contributed by atoms with Gasteiger partial charge in [-0.25, -0.2) is 0 Å². The molecule has 0 saturated carbocycles. The minimum Gasteiger partial charge on any atom is -0.454 e. The van der Waals surface area contributed by atoms with Gasteiger partial charge in [0, 0.05) is 24.2 Å². The molecule has 2 aromatic carbocycles. The molecule has 4 rings (SSSR count). The largest absolute Gasteiger partial charge is 0.454 e. The summed E-state index contributed by atoms with van der Waals surface area (Å²) >= 11 is 6.01. The van der Waals surface area contributed by atoms with Gasteiger partial charge in [-0.3, -0.25) is 4.99 Å². The fourth-order valence-electron chi connectivity index (χ4n) is 2.87. The lowest BCUT2D eigenvalue weighted by molar-refractivity contribution is 0.174. The van der Waals surface area contributed by atoms with Crippen LogP contribution in [0.5, 0.6) is 11.5 Å². The number of guanidine groups is 1. The first-order valence-corrected chi connectivity index (χ1v) is 9.50. The van der Waals surface area contributed by atoms with E-state index < -0.39 is 0 Å². The van der Waals surface area contributed by atoms with Crippen molar-refractivity contribution in [3.63, 3.8) is 0 Å². The van der Waals surface area contributed by atoms with Crippen LogP contribution in [-0.2, 0) is 13.0 Å². The molecule has 1 aromatic heterocycles. The van der Waals surface area contributed by atoms with E-state index in [9.17, 15) is 0 Å². The maximum atomic E-state index is 6.01. The molecule has 0 amide bonds. The van der Waals surface area contributed by atoms with Crippen LogP contribution in [0.25, 0.3) is 11.4 Å². The normalized spacial score (nSPS) is 12.4. The van der Waals surface area contributed by atoms with Crippen LogP contribution in [0.15, 0.2) is 52.0 Å². The maximum Gasteiger partial charge on any atom is 0.246 e. The van der Waals surface area contributed by atoms with Gasteiger partial charge >= 0.3 is 0 Å². The third-order valence-corrected chi connectivity index (χ3v) is 4.56. The van der Waals surface area contributed by atoms with Crippen molar-refractivity contribution in [3.8, 4) is 22.9 Å². The minimum atomic E-state index is 0. The lowest BCUT2D eigenvalue weighted by Gasteiger charge is -2.10. The summed E-state index contributed by atoms with van der Waals surface area (Å²) in [6, 6.07) is 13.3. The Hall–Kier alpha value is -2.53. The molecule has 8 nitrogen and oxygen atoms in total. The summed E-state index contributed by atoms with van der Waals surface area (Å²) in [6.07, 6.45) is 0.816. The predicted octanol–water partition coefficient (Wildman–Crippen LogP) is 3.64. The van der Waals surface area contributed by atoms with Gasteiger partial charge in [-0.2, -0.15) is 4.98 Å². The van der Waals surface area contributed by atoms with Crippen molar-refractivity contribution in [2.75, 3.05) is 20.4 Å². The highest BCUT2D eigenvalue weighted by Crippen LogP contribution is 2.32. The van der Waals surface area contributed by atoms with Gasteiger partial charge in [-0.1, -0.05) is 35.0 Å². The van der Waals surface area contributed by atoms with E-state index in [4.69, 9.17) is 25.6 Å². The molecule has 2 heterocycles. The number of hydrogen-bond donors (Lipinski definition) is 2. The lowest BCUT2D eigenvalue weighted by atomic mass is 10.1. The average Bonchev–Trinajstić information content (AvgIpc) is 3.39. The van der Waals surface area contributed by atoms with Crippen molar-refractivity contribution in [2.24, 2.45) is 4.99 Å². The van der Waals surface area contributed by atoms with Crippen LogP contribution in [0.2, 0.25) is 5.02 Å². The zero-order chi connectivity index (χ0) is 20.1. The molecule has 10 heteroatoms. The maximum absolute atomic E-state index is 6.01. The molecule has 0 saturated heterocycles. The Morgan fingerprint density at radius 3 is 2.83 bits per heavy atom.